The van der Waals surface area contributed by atoms with Gasteiger partial charge in [0.05, 0.1) is 36.0 Å². The second-order valence-electron chi connectivity index (χ2n) is 9.77. The van der Waals surface area contributed by atoms with Gasteiger partial charge in [0.2, 0.25) is 0 Å². The van der Waals surface area contributed by atoms with Gasteiger partial charge in [0, 0.05) is 23.4 Å². The highest BCUT2D eigenvalue weighted by molar-refractivity contribution is 7.80. The molecule has 1 heterocycles. The van der Waals surface area contributed by atoms with Gasteiger partial charge in [-0.1, -0.05) is 30.3 Å². The van der Waals surface area contributed by atoms with Crippen LogP contribution in [0.4, 0.5) is 5.69 Å². The number of ether oxygens (including phenoxy) is 4. The highest BCUT2D eigenvalue weighted by Crippen LogP contribution is 2.34. The third-order valence-electron chi connectivity index (χ3n) is 6.54. The van der Waals surface area contributed by atoms with E-state index >= 15 is 0 Å². The summed E-state index contributed by atoms with van der Waals surface area (Å²) in [6.45, 7) is 5.62. The molecular formula is C32H33N5O8S. The number of nitrogens with zero attached hydrogens (tertiary/aromatic N) is 2. The fourth-order valence-electron chi connectivity index (χ4n) is 4.52. The number of thiocarbonyl (C=S) groups is 1. The first-order valence-electron chi connectivity index (χ1n) is 14.3. The number of carbonyl (C=O) groups excluding carboxylic acids is 2. The molecule has 0 saturated carbocycles. The van der Waals surface area contributed by atoms with Crippen molar-refractivity contribution >= 4 is 41.1 Å². The predicted octanol–water partition coefficient (Wildman–Crippen LogP) is 4.46. The van der Waals surface area contributed by atoms with Gasteiger partial charge < -0.3 is 29.6 Å². The highest BCUT2D eigenvalue weighted by Gasteiger charge is 2.32. The number of esters is 1. The third kappa shape index (κ3) is 8.79. The zero-order chi connectivity index (χ0) is 33.1. The molecule has 1 atom stereocenters. The number of benzene rings is 3. The maximum atomic E-state index is 12.8. The van der Waals surface area contributed by atoms with Crippen molar-refractivity contribution in [3.63, 3.8) is 0 Å². The van der Waals surface area contributed by atoms with Gasteiger partial charge in [0.1, 0.15) is 12.4 Å². The maximum Gasteiger partial charge on any atom is 0.338 e. The van der Waals surface area contributed by atoms with Gasteiger partial charge in [0.25, 0.3) is 11.6 Å². The molecule has 1 aliphatic heterocycles. The van der Waals surface area contributed by atoms with E-state index in [0.29, 0.717) is 56.9 Å². The Bertz CT molecular complexity index is 1680. The molecule has 3 N–H and O–H groups in total. The first-order chi connectivity index (χ1) is 22.2. The van der Waals surface area contributed by atoms with Crippen molar-refractivity contribution in [1.82, 2.24) is 16.1 Å². The van der Waals surface area contributed by atoms with Crippen LogP contribution in [0.2, 0.25) is 0 Å². The molecule has 13 nitrogen and oxygen atoms in total. The standard InChI is InChI=1S/C32H33N5O8S/c1-4-42-27-16-21(13-14-26(27)44-18-22-9-8-10-23(15-22)37(40)41)17-33-36-28(38)19-45-25-12-7-6-11-24(25)30-29(31(39)43-5-2)20(3)34-32(46)35-30/h6-17,30H,4-5,18-19H2,1-3H3,(H,36,38)(H2,34,35,46)/t30-/m1/s1. The van der Waals surface area contributed by atoms with E-state index in [1.54, 1.807) is 68.4 Å². The van der Waals surface area contributed by atoms with Crippen molar-refractivity contribution in [2.24, 2.45) is 5.10 Å². The Balaban J connectivity index is 1.38. The number of non-ortho nitro benzene ring substituents is 1. The highest BCUT2D eigenvalue weighted by atomic mass is 32.1. The molecule has 46 heavy (non-hydrogen) atoms. The lowest BCUT2D eigenvalue weighted by Gasteiger charge is -2.30. The smallest absolute Gasteiger partial charge is 0.338 e. The van der Waals surface area contributed by atoms with Gasteiger partial charge in [-0.3, -0.25) is 14.9 Å². The maximum absolute atomic E-state index is 12.8. The average molecular weight is 648 g/mol. The minimum atomic E-state index is -0.650. The number of rotatable bonds is 14. The topological polar surface area (TPSA) is 163 Å². The van der Waals surface area contributed by atoms with E-state index in [1.165, 1.54) is 18.3 Å². The molecule has 0 aromatic heterocycles. The predicted molar refractivity (Wildman–Crippen MR) is 174 cm³/mol. The van der Waals surface area contributed by atoms with E-state index in [-0.39, 0.29) is 25.5 Å². The van der Waals surface area contributed by atoms with Crippen molar-refractivity contribution in [3.8, 4) is 17.2 Å². The minimum Gasteiger partial charge on any atom is -0.490 e. The lowest BCUT2D eigenvalue weighted by atomic mass is 9.95. The normalized spacial score (nSPS) is 14.2. The van der Waals surface area contributed by atoms with E-state index in [0.717, 1.165) is 0 Å². The van der Waals surface area contributed by atoms with Crippen molar-refractivity contribution in [2.75, 3.05) is 19.8 Å². The number of nitro groups is 1. The molecule has 0 radical (unpaired) electrons. The molecule has 0 fully saturated rings. The molecule has 0 saturated heterocycles. The Labute approximate surface area is 270 Å². The number of hydrogen-bond donors (Lipinski definition) is 3. The summed E-state index contributed by atoms with van der Waals surface area (Å²) >= 11 is 5.31. The zero-order valence-corrected chi connectivity index (χ0v) is 26.2. The van der Waals surface area contributed by atoms with E-state index in [9.17, 15) is 19.7 Å². The molecule has 3 aromatic carbocycles. The molecule has 1 aliphatic rings. The van der Waals surface area contributed by atoms with Crippen LogP contribution in [0.3, 0.4) is 0 Å². The number of allylic oxidation sites excluding steroid dienone is 1. The summed E-state index contributed by atoms with van der Waals surface area (Å²) in [5.74, 6) is 0.255. The monoisotopic (exact) mass is 647 g/mol. The van der Waals surface area contributed by atoms with E-state index in [4.69, 9.17) is 31.2 Å². The fourth-order valence-corrected chi connectivity index (χ4v) is 4.80. The number of para-hydroxylation sites is 1. The van der Waals surface area contributed by atoms with Crippen molar-refractivity contribution in [1.29, 1.82) is 0 Å². The Morgan fingerprint density at radius 2 is 1.80 bits per heavy atom. The lowest BCUT2D eigenvalue weighted by molar-refractivity contribution is -0.384. The van der Waals surface area contributed by atoms with Gasteiger partial charge in [-0.05, 0) is 68.4 Å². The summed E-state index contributed by atoms with van der Waals surface area (Å²) < 4.78 is 22.6. The van der Waals surface area contributed by atoms with E-state index in [1.807, 2.05) is 6.92 Å². The van der Waals surface area contributed by atoms with Gasteiger partial charge in [-0.25, -0.2) is 10.2 Å². The number of carbonyl (C=O) groups is 2. The van der Waals surface area contributed by atoms with Crippen molar-refractivity contribution < 1.29 is 33.5 Å². The van der Waals surface area contributed by atoms with Crippen LogP contribution in [0.1, 0.15) is 43.5 Å². The summed E-state index contributed by atoms with van der Waals surface area (Å²) in [5.41, 5.74) is 5.19. The molecular weight excluding hydrogens is 614 g/mol. The largest absolute Gasteiger partial charge is 0.490 e. The Hall–Kier alpha value is -5.50. The first-order valence-corrected chi connectivity index (χ1v) is 14.7. The quantitative estimate of drug-likeness (QED) is 0.0745. The molecule has 240 valence electrons. The zero-order valence-electron chi connectivity index (χ0n) is 25.4. The molecule has 0 aliphatic carbocycles. The van der Waals surface area contributed by atoms with Gasteiger partial charge in [-0.15, -0.1) is 0 Å². The average Bonchev–Trinajstić information content (AvgIpc) is 3.03. The summed E-state index contributed by atoms with van der Waals surface area (Å²) in [4.78, 5) is 35.9. The van der Waals surface area contributed by atoms with Crippen LogP contribution in [0.5, 0.6) is 17.2 Å². The second kappa shape index (κ2) is 16.0. The van der Waals surface area contributed by atoms with Crippen LogP contribution in [0.15, 0.2) is 83.1 Å². The molecule has 3 aromatic rings. The van der Waals surface area contributed by atoms with Gasteiger partial charge >= 0.3 is 5.97 Å². The van der Waals surface area contributed by atoms with Crippen molar-refractivity contribution in [3.05, 3.63) is 105 Å². The number of nitro benzene ring substituents is 1. The van der Waals surface area contributed by atoms with Gasteiger partial charge in [0.15, 0.2) is 23.2 Å². The van der Waals surface area contributed by atoms with E-state index in [2.05, 4.69) is 21.2 Å². The summed E-state index contributed by atoms with van der Waals surface area (Å²) in [6.07, 6.45) is 1.44. The van der Waals surface area contributed by atoms with Crippen LogP contribution in [0.25, 0.3) is 0 Å². The lowest BCUT2D eigenvalue weighted by Crippen LogP contribution is -2.45. The van der Waals surface area contributed by atoms with Gasteiger partial charge in [-0.2, -0.15) is 5.10 Å². The molecule has 0 spiro atoms. The number of hydrogen-bond acceptors (Lipinski definition) is 10. The fraction of sp³-hybridized carbons (Fsp3) is 0.250. The Morgan fingerprint density at radius 3 is 2.57 bits per heavy atom. The van der Waals surface area contributed by atoms with Crippen LogP contribution in [-0.4, -0.2) is 47.9 Å². The number of amides is 1. The van der Waals surface area contributed by atoms with Crippen LogP contribution >= 0.6 is 12.2 Å². The van der Waals surface area contributed by atoms with Crippen LogP contribution < -0.4 is 30.3 Å². The van der Waals surface area contributed by atoms with Crippen LogP contribution in [-0.2, 0) is 20.9 Å². The third-order valence-corrected chi connectivity index (χ3v) is 6.76. The molecule has 4 rings (SSSR count). The second-order valence-corrected chi connectivity index (χ2v) is 10.2. The molecule has 0 bridgehead atoms. The summed E-state index contributed by atoms with van der Waals surface area (Å²) in [5, 5.41) is 21.4. The summed E-state index contributed by atoms with van der Waals surface area (Å²) in [7, 11) is 0. The Morgan fingerprint density at radius 1 is 1.00 bits per heavy atom. The molecule has 1 amide bonds. The molecule has 0 unspecified atom stereocenters. The minimum absolute atomic E-state index is 0.0202. The van der Waals surface area contributed by atoms with Crippen LogP contribution in [0, 0.1) is 10.1 Å². The Kier molecular flexibility index (Phi) is 11.6. The van der Waals surface area contributed by atoms with Crippen molar-refractivity contribution in [2.45, 2.75) is 33.4 Å². The SMILES string of the molecule is CCOC(=O)C1=C(C)NC(=S)N[C@@H]1c1ccccc1OCC(=O)NN=Cc1ccc(OCc2cccc([N+](=O)[O-])c2)c(OCC)c1. The first kappa shape index (κ1) is 33.4. The summed E-state index contributed by atoms with van der Waals surface area (Å²) in [6, 6.07) is 17.7. The number of hydrazone groups is 1. The number of nitrogens with one attached hydrogen (secondary N) is 3. The molecule has 14 heteroatoms. The van der Waals surface area contributed by atoms with E-state index < -0.39 is 22.8 Å².